The molecular weight excluding hydrogens is 729 g/mol. The Hall–Kier alpha value is -6.81. The number of aryl methyl sites for hydroxylation is 1. The molecule has 302 valence electrons. The molecule has 0 amide bonds. The number of rotatable bonds is 8. The standard InChI is InChI=1S/C26H23NO.C15H14.C13H12.C2H6.CH3N/c1-17-6-15-23-22-4-2-3-5-24(22)28-26(23)25(17)21-13-11-20(12-14-21)19-9-7-18(16-27)8-10-19;1-3-8-14(9-4-1)12-7-13-15-10-5-2-6-11-15;1-3-7-12(8-4-1)11-13-9-5-2-6-10-13;2*1-2/h2-11,13,15H,12,14,16,27H2,1H3;1-12H,13H2;1-10H,11H2;1-2H3;2H,1H2/b;12-7-;;;. The Balaban J connectivity index is 0.000000180. The second kappa shape index (κ2) is 24.2. The lowest BCUT2D eigenvalue weighted by Gasteiger charge is -2.17. The topological polar surface area (TPSA) is 63.0 Å². The van der Waals surface area contributed by atoms with Crippen molar-refractivity contribution < 1.29 is 4.42 Å². The van der Waals surface area contributed by atoms with E-state index in [1.165, 1.54) is 66.4 Å². The van der Waals surface area contributed by atoms with E-state index >= 15 is 0 Å². The third-order valence-corrected chi connectivity index (χ3v) is 10.2. The average molecular weight is 787 g/mol. The Morgan fingerprint density at radius 1 is 0.550 bits per heavy atom. The largest absolute Gasteiger partial charge is 0.455 e. The van der Waals surface area contributed by atoms with Crippen LogP contribution in [0.25, 0.3) is 39.2 Å². The van der Waals surface area contributed by atoms with Crippen molar-refractivity contribution in [1.82, 2.24) is 0 Å². The van der Waals surface area contributed by atoms with Gasteiger partial charge in [-0.15, -0.1) is 0 Å². The second-order valence-electron chi connectivity index (χ2n) is 14.2. The molecule has 0 bridgehead atoms. The molecule has 0 spiro atoms. The van der Waals surface area contributed by atoms with Gasteiger partial charge in [-0.05, 0) is 95.5 Å². The number of hydrogen-bond donors (Lipinski definition) is 2. The summed E-state index contributed by atoms with van der Waals surface area (Å²) in [6, 6.07) is 63.2. The quantitative estimate of drug-likeness (QED) is 0.151. The summed E-state index contributed by atoms with van der Waals surface area (Å²) in [5, 5.41) is 7.88. The van der Waals surface area contributed by atoms with Crippen LogP contribution in [-0.4, -0.2) is 6.72 Å². The van der Waals surface area contributed by atoms with Gasteiger partial charge < -0.3 is 15.6 Å². The van der Waals surface area contributed by atoms with E-state index in [2.05, 4.69) is 196 Å². The molecule has 1 aliphatic carbocycles. The van der Waals surface area contributed by atoms with Gasteiger partial charge in [-0.3, -0.25) is 0 Å². The van der Waals surface area contributed by atoms with E-state index in [1.54, 1.807) is 0 Å². The van der Waals surface area contributed by atoms with E-state index in [-0.39, 0.29) is 0 Å². The molecule has 60 heavy (non-hydrogen) atoms. The van der Waals surface area contributed by atoms with E-state index in [4.69, 9.17) is 15.6 Å². The van der Waals surface area contributed by atoms with Crippen LogP contribution < -0.4 is 5.73 Å². The molecule has 0 atom stereocenters. The summed E-state index contributed by atoms with van der Waals surface area (Å²) in [6.07, 6.45) is 13.0. The predicted molar refractivity (Wildman–Crippen MR) is 260 cm³/mol. The third-order valence-electron chi connectivity index (χ3n) is 10.2. The number of allylic oxidation sites excluding steroid dienone is 5. The Bertz CT molecular complexity index is 2510. The molecule has 0 unspecified atom stereocenters. The van der Waals surface area contributed by atoms with E-state index in [0.717, 1.165) is 36.8 Å². The minimum Gasteiger partial charge on any atom is -0.455 e. The maximum atomic E-state index is 6.28. The third kappa shape index (κ3) is 12.6. The molecule has 9 rings (SSSR count). The van der Waals surface area contributed by atoms with Crippen LogP contribution >= 0.6 is 0 Å². The first-order valence-corrected chi connectivity index (χ1v) is 20.9. The number of furan rings is 1. The molecule has 3 N–H and O–H groups in total. The maximum Gasteiger partial charge on any atom is 0.143 e. The lowest BCUT2D eigenvalue weighted by atomic mass is 9.87. The highest BCUT2D eigenvalue weighted by Crippen LogP contribution is 2.39. The van der Waals surface area contributed by atoms with Crippen molar-refractivity contribution in [2.24, 2.45) is 5.73 Å². The van der Waals surface area contributed by atoms with Gasteiger partial charge in [-0.25, -0.2) is 0 Å². The average Bonchev–Trinajstić information content (AvgIpc) is 3.71. The van der Waals surface area contributed by atoms with Gasteiger partial charge in [0.2, 0.25) is 0 Å². The van der Waals surface area contributed by atoms with Gasteiger partial charge in [-0.2, -0.15) is 0 Å². The molecule has 1 aliphatic rings. The van der Waals surface area contributed by atoms with Crippen LogP contribution in [-0.2, 0) is 19.4 Å². The van der Waals surface area contributed by atoms with Crippen LogP contribution in [0.3, 0.4) is 0 Å². The first kappa shape index (κ1) is 44.3. The number of nitrogens with two attached hydrogens (primary N) is 1. The SMILES string of the molecule is C(=C/c1ccccc1)/Cc1ccccc1.C=N.CC.Cc1ccc2c(oc3ccccc32)c1C1=CC=C(c2ccc(CN)cc2)CC1.c1ccc(Cc2ccccc2)cc1. The van der Waals surface area contributed by atoms with Crippen molar-refractivity contribution in [3.05, 3.63) is 245 Å². The van der Waals surface area contributed by atoms with Crippen LogP contribution in [0.5, 0.6) is 0 Å². The molecule has 1 aromatic heterocycles. The minimum atomic E-state index is 0.587. The summed E-state index contributed by atoms with van der Waals surface area (Å²) >= 11 is 0. The number of hydrogen-bond acceptors (Lipinski definition) is 3. The summed E-state index contributed by atoms with van der Waals surface area (Å²) in [7, 11) is 0. The van der Waals surface area contributed by atoms with Gasteiger partial charge >= 0.3 is 0 Å². The zero-order chi connectivity index (χ0) is 42.4. The van der Waals surface area contributed by atoms with E-state index in [1.807, 2.05) is 38.1 Å². The highest BCUT2D eigenvalue weighted by atomic mass is 16.3. The Morgan fingerprint density at radius 2 is 1.07 bits per heavy atom. The molecule has 7 aromatic carbocycles. The van der Waals surface area contributed by atoms with Crippen LogP contribution in [0.1, 0.15) is 71.2 Å². The van der Waals surface area contributed by atoms with Crippen molar-refractivity contribution in [3.8, 4) is 0 Å². The van der Waals surface area contributed by atoms with Crippen molar-refractivity contribution in [2.45, 2.75) is 53.0 Å². The van der Waals surface area contributed by atoms with Gasteiger partial charge in [0.1, 0.15) is 11.2 Å². The number of para-hydroxylation sites is 1. The van der Waals surface area contributed by atoms with Gasteiger partial charge in [0, 0.05) is 22.9 Å². The Kier molecular flexibility index (Phi) is 17.9. The highest BCUT2D eigenvalue weighted by molar-refractivity contribution is 6.08. The molecule has 8 aromatic rings. The molecule has 0 aliphatic heterocycles. The zero-order valence-electron chi connectivity index (χ0n) is 35.4. The predicted octanol–water partition coefficient (Wildman–Crippen LogP) is 15.1. The number of benzene rings is 7. The second-order valence-corrected chi connectivity index (χ2v) is 14.2. The highest BCUT2D eigenvalue weighted by Gasteiger charge is 2.18. The summed E-state index contributed by atoms with van der Waals surface area (Å²) in [6.45, 7) is 9.26. The summed E-state index contributed by atoms with van der Waals surface area (Å²) in [5.41, 5.74) is 20.7. The fraction of sp³-hybridized carbons (Fsp3) is 0.140. The fourth-order valence-corrected chi connectivity index (χ4v) is 7.16. The summed E-state index contributed by atoms with van der Waals surface area (Å²) in [5.74, 6) is 0. The van der Waals surface area contributed by atoms with Crippen LogP contribution in [0.4, 0.5) is 0 Å². The van der Waals surface area contributed by atoms with Crippen molar-refractivity contribution in [3.63, 3.8) is 0 Å². The van der Waals surface area contributed by atoms with Crippen LogP contribution in [0, 0.1) is 12.3 Å². The normalized spacial score (nSPS) is 11.7. The smallest absolute Gasteiger partial charge is 0.143 e. The first-order valence-electron chi connectivity index (χ1n) is 20.9. The lowest BCUT2D eigenvalue weighted by molar-refractivity contribution is 0.667. The summed E-state index contributed by atoms with van der Waals surface area (Å²) in [4.78, 5) is 0. The molecule has 0 saturated carbocycles. The first-order chi connectivity index (χ1) is 29.6. The molecule has 0 fully saturated rings. The molecule has 3 nitrogen and oxygen atoms in total. The number of nitrogens with one attached hydrogen (secondary N) is 1. The van der Waals surface area contributed by atoms with Gasteiger partial charge in [0.25, 0.3) is 0 Å². The van der Waals surface area contributed by atoms with Crippen molar-refractivity contribution in [2.75, 3.05) is 0 Å². The molecule has 0 radical (unpaired) electrons. The van der Waals surface area contributed by atoms with Crippen LogP contribution in [0.2, 0.25) is 0 Å². The van der Waals surface area contributed by atoms with Crippen LogP contribution in [0.15, 0.2) is 205 Å². The Morgan fingerprint density at radius 3 is 1.63 bits per heavy atom. The van der Waals surface area contributed by atoms with Gasteiger partial charge in [-0.1, -0.05) is 214 Å². The minimum absolute atomic E-state index is 0.587. The molecule has 3 heteroatoms. The maximum absolute atomic E-state index is 6.28. The summed E-state index contributed by atoms with van der Waals surface area (Å²) < 4.78 is 6.28. The number of fused-ring (bicyclic) bond motifs is 3. The van der Waals surface area contributed by atoms with Gasteiger partial charge in [0.15, 0.2) is 0 Å². The van der Waals surface area contributed by atoms with E-state index in [9.17, 15) is 0 Å². The van der Waals surface area contributed by atoms with Crippen molar-refractivity contribution >= 4 is 45.9 Å². The molecular formula is C57H58N2O. The Labute approximate surface area is 357 Å². The fourth-order valence-electron chi connectivity index (χ4n) is 7.16. The molecule has 1 heterocycles. The van der Waals surface area contributed by atoms with E-state index < -0.39 is 0 Å². The lowest BCUT2D eigenvalue weighted by Crippen LogP contribution is -1.98. The molecule has 0 saturated heterocycles. The van der Waals surface area contributed by atoms with Crippen molar-refractivity contribution in [1.29, 1.82) is 5.41 Å². The van der Waals surface area contributed by atoms with Gasteiger partial charge in [0.05, 0.1) is 0 Å². The van der Waals surface area contributed by atoms with E-state index in [0.29, 0.717) is 6.54 Å². The monoisotopic (exact) mass is 786 g/mol. The zero-order valence-corrected chi connectivity index (χ0v) is 35.4.